The number of nitrogens with zero attached hydrogens (tertiary/aromatic N) is 3. The summed E-state index contributed by atoms with van der Waals surface area (Å²) in [5, 5.41) is 13.8. The minimum Gasteiger partial charge on any atom is -0.385 e. The normalized spacial score (nSPS) is 13.9. The molecule has 5 heteroatoms. The van der Waals surface area contributed by atoms with Gasteiger partial charge in [-0.3, -0.25) is 0 Å². The standard InChI is InChI=1S/C13H16N4S/c1-17(2)13-16-15-12(18-13)10-5-6-11-9(8-10)4-3-7-14-11/h5-6,8,14H,3-4,7H2,1-2H3. The number of hydrogen-bond acceptors (Lipinski definition) is 5. The molecular weight excluding hydrogens is 244 g/mol. The minimum absolute atomic E-state index is 0.945. The molecule has 4 nitrogen and oxygen atoms in total. The predicted octanol–water partition coefficient (Wildman–Crippen LogP) is 2.63. The SMILES string of the molecule is CN(C)c1nnc(-c2ccc3c(c2)CCCN3)s1. The van der Waals surface area contributed by atoms with Gasteiger partial charge in [0.2, 0.25) is 5.13 Å². The number of benzene rings is 1. The van der Waals surface area contributed by atoms with Gasteiger partial charge in [-0.25, -0.2) is 0 Å². The average Bonchev–Trinajstić information content (AvgIpc) is 2.88. The van der Waals surface area contributed by atoms with E-state index in [1.165, 1.54) is 23.2 Å². The lowest BCUT2D eigenvalue weighted by molar-refractivity contribution is 0.830. The second-order valence-corrected chi connectivity index (χ2v) is 5.64. The Balaban J connectivity index is 1.95. The molecule has 0 atom stereocenters. The van der Waals surface area contributed by atoms with Gasteiger partial charge in [-0.05, 0) is 36.6 Å². The number of aromatic nitrogens is 2. The van der Waals surface area contributed by atoms with Crippen molar-refractivity contribution < 1.29 is 0 Å². The molecular formula is C13H16N4S. The minimum atomic E-state index is 0.945. The van der Waals surface area contributed by atoms with Crippen molar-refractivity contribution in [2.24, 2.45) is 0 Å². The van der Waals surface area contributed by atoms with Crippen LogP contribution in [0.15, 0.2) is 18.2 Å². The van der Waals surface area contributed by atoms with Crippen molar-refractivity contribution in [2.75, 3.05) is 30.9 Å². The monoisotopic (exact) mass is 260 g/mol. The first-order valence-electron chi connectivity index (χ1n) is 6.12. The third kappa shape index (κ3) is 2.06. The second kappa shape index (κ2) is 4.57. The highest BCUT2D eigenvalue weighted by molar-refractivity contribution is 7.18. The van der Waals surface area contributed by atoms with E-state index in [0.29, 0.717) is 0 Å². The molecule has 0 spiro atoms. The molecule has 0 unspecified atom stereocenters. The zero-order valence-electron chi connectivity index (χ0n) is 10.6. The largest absolute Gasteiger partial charge is 0.385 e. The van der Waals surface area contributed by atoms with Gasteiger partial charge in [-0.1, -0.05) is 11.3 Å². The van der Waals surface area contributed by atoms with Gasteiger partial charge in [0, 0.05) is 31.9 Å². The van der Waals surface area contributed by atoms with E-state index in [2.05, 4.69) is 33.7 Å². The summed E-state index contributed by atoms with van der Waals surface area (Å²) in [6.45, 7) is 1.08. The molecule has 0 fully saturated rings. The fraction of sp³-hybridized carbons (Fsp3) is 0.385. The summed E-state index contributed by atoms with van der Waals surface area (Å²) >= 11 is 1.63. The summed E-state index contributed by atoms with van der Waals surface area (Å²) in [6, 6.07) is 6.51. The summed E-state index contributed by atoms with van der Waals surface area (Å²) in [7, 11) is 3.97. The van der Waals surface area contributed by atoms with Crippen molar-refractivity contribution in [2.45, 2.75) is 12.8 Å². The highest BCUT2D eigenvalue weighted by Gasteiger charge is 2.12. The molecule has 0 aliphatic carbocycles. The molecule has 2 heterocycles. The summed E-state index contributed by atoms with van der Waals surface area (Å²) in [4.78, 5) is 1.99. The van der Waals surface area contributed by atoms with Gasteiger partial charge in [0.25, 0.3) is 0 Å². The van der Waals surface area contributed by atoms with Crippen molar-refractivity contribution in [3.8, 4) is 10.6 Å². The van der Waals surface area contributed by atoms with Crippen LogP contribution in [-0.2, 0) is 6.42 Å². The maximum Gasteiger partial charge on any atom is 0.208 e. The topological polar surface area (TPSA) is 41.1 Å². The highest BCUT2D eigenvalue weighted by Crippen LogP contribution is 2.31. The van der Waals surface area contributed by atoms with Crippen LogP contribution in [0.1, 0.15) is 12.0 Å². The van der Waals surface area contributed by atoms with Crippen LogP contribution in [-0.4, -0.2) is 30.8 Å². The van der Waals surface area contributed by atoms with Crippen molar-refractivity contribution in [1.29, 1.82) is 0 Å². The van der Waals surface area contributed by atoms with Crippen molar-refractivity contribution in [3.63, 3.8) is 0 Å². The molecule has 1 N–H and O–H groups in total. The molecule has 1 aromatic carbocycles. The number of anilines is 2. The van der Waals surface area contributed by atoms with Gasteiger partial charge in [0.05, 0.1) is 0 Å². The molecule has 1 aliphatic rings. The van der Waals surface area contributed by atoms with E-state index in [-0.39, 0.29) is 0 Å². The summed E-state index contributed by atoms with van der Waals surface area (Å²) in [6.07, 6.45) is 2.35. The molecule has 3 rings (SSSR count). The lowest BCUT2D eigenvalue weighted by Crippen LogP contribution is -2.11. The first-order valence-corrected chi connectivity index (χ1v) is 6.94. The molecule has 2 aromatic rings. The van der Waals surface area contributed by atoms with Crippen LogP contribution < -0.4 is 10.2 Å². The Bertz CT molecular complexity index is 562. The highest BCUT2D eigenvalue weighted by atomic mass is 32.1. The molecule has 0 radical (unpaired) electrons. The molecule has 18 heavy (non-hydrogen) atoms. The van der Waals surface area contributed by atoms with Gasteiger partial charge < -0.3 is 10.2 Å². The second-order valence-electron chi connectivity index (χ2n) is 4.69. The van der Waals surface area contributed by atoms with E-state index in [1.54, 1.807) is 11.3 Å². The quantitative estimate of drug-likeness (QED) is 0.901. The van der Waals surface area contributed by atoms with Crippen LogP contribution in [0.25, 0.3) is 10.6 Å². The Morgan fingerprint density at radius 2 is 2.17 bits per heavy atom. The van der Waals surface area contributed by atoms with Crippen molar-refractivity contribution >= 4 is 22.2 Å². The number of fused-ring (bicyclic) bond motifs is 1. The van der Waals surface area contributed by atoms with Gasteiger partial charge in [-0.2, -0.15) is 0 Å². The van der Waals surface area contributed by atoms with Gasteiger partial charge in [0.1, 0.15) is 5.01 Å². The zero-order chi connectivity index (χ0) is 12.5. The van der Waals surface area contributed by atoms with Crippen LogP contribution >= 0.6 is 11.3 Å². The first-order chi connectivity index (χ1) is 8.74. The Morgan fingerprint density at radius 1 is 1.28 bits per heavy atom. The fourth-order valence-electron chi connectivity index (χ4n) is 2.12. The lowest BCUT2D eigenvalue weighted by Gasteiger charge is -2.18. The van der Waals surface area contributed by atoms with E-state index in [0.717, 1.165) is 23.1 Å². The van der Waals surface area contributed by atoms with Crippen molar-refractivity contribution in [3.05, 3.63) is 23.8 Å². The van der Waals surface area contributed by atoms with E-state index < -0.39 is 0 Å². The van der Waals surface area contributed by atoms with Crippen LogP contribution in [0.5, 0.6) is 0 Å². The van der Waals surface area contributed by atoms with Crippen LogP contribution in [0.3, 0.4) is 0 Å². The third-order valence-corrected chi connectivity index (χ3v) is 4.23. The van der Waals surface area contributed by atoms with E-state index in [4.69, 9.17) is 0 Å². The smallest absolute Gasteiger partial charge is 0.208 e. The lowest BCUT2D eigenvalue weighted by atomic mass is 10.0. The Labute approximate surface area is 111 Å². The van der Waals surface area contributed by atoms with Crippen LogP contribution in [0, 0.1) is 0 Å². The fourth-order valence-corrected chi connectivity index (χ4v) is 2.88. The predicted molar refractivity (Wildman–Crippen MR) is 76.5 cm³/mol. The Kier molecular flexibility index (Phi) is 2.91. The molecule has 0 saturated carbocycles. The Morgan fingerprint density at radius 3 is 2.94 bits per heavy atom. The van der Waals surface area contributed by atoms with Gasteiger partial charge in [0.15, 0.2) is 0 Å². The molecule has 1 aromatic heterocycles. The van der Waals surface area contributed by atoms with E-state index >= 15 is 0 Å². The molecule has 0 amide bonds. The number of aryl methyl sites for hydroxylation is 1. The Hall–Kier alpha value is -1.62. The summed E-state index contributed by atoms with van der Waals surface area (Å²) in [5.41, 5.74) is 3.82. The average molecular weight is 260 g/mol. The first kappa shape index (κ1) is 11.5. The molecule has 94 valence electrons. The van der Waals surface area contributed by atoms with Gasteiger partial charge in [-0.15, -0.1) is 10.2 Å². The van der Waals surface area contributed by atoms with Crippen LogP contribution in [0.4, 0.5) is 10.8 Å². The summed E-state index contributed by atoms with van der Waals surface area (Å²) < 4.78 is 0. The number of nitrogens with one attached hydrogen (secondary N) is 1. The number of rotatable bonds is 2. The zero-order valence-corrected chi connectivity index (χ0v) is 11.4. The van der Waals surface area contributed by atoms with Crippen LogP contribution in [0.2, 0.25) is 0 Å². The third-order valence-electron chi connectivity index (χ3n) is 3.09. The summed E-state index contributed by atoms with van der Waals surface area (Å²) in [5.74, 6) is 0. The molecule has 0 saturated heterocycles. The van der Waals surface area contributed by atoms with Gasteiger partial charge >= 0.3 is 0 Å². The van der Waals surface area contributed by atoms with Crippen molar-refractivity contribution in [1.82, 2.24) is 10.2 Å². The van der Waals surface area contributed by atoms with E-state index in [1.807, 2.05) is 19.0 Å². The number of hydrogen-bond donors (Lipinski definition) is 1. The molecule has 0 bridgehead atoms. The van der Waals surface area contributed by atoms with E-state index in [9.17, 15) is 0 Å². The molecule has 1 aliphatic heterocycles. The maximum atomic E-state index is 4.26. The maximum absolute atomic E-state index is 4.26.